The first kappa shape index (κ1) is 11.9. The first-order valence-corrected chi connectivity index (χ1v) is 6.32. The van der Waals surface area contributed by atoms with Gasteiger partial charge in [-0.1, -0.05) is 15.9 Å². The van der Waals surface area contributed by atoms with Gasteiger partial charge in [0.05, 0.1) is 6.61 Å². The van der Waals surface area contributed by atoms with Gasteiger partial charge in [0.15, 0.2) is 0 Å². The molecule has 16 heavy (non-hydrogen) atoms. The summed E-state index contributed by atoms with van der Waals surface area (Å²) >= 11 is 3.46. The Hall–Kier alpha value is -0.580. The fraction of sp³-hybridized carbons (Fsp3) is 0.500. The van der Waals surface area contributed by atoms with Gasteiger partial charge in [0.2, 0.25) is 0 Å². The molecule has 1 heterocycles. The lowest BCUT2D eigenvalue weighted by Gasteiger charge is -2.23. The minimum atomic E-state index is 0.181. The van der Waals surface area contributed by atoms with Crippen LogP contribution in [0.4, 0.5) is 0 Å². The van der Waals surface area contributed by atoms with E-state index in [1.54, 1.807) is 0 Å². The molecule has 1 aliphatic rings. The van der Waals surface area contributed by atoms with Crippen molar-refractivity contribution in [3.8, 4) is 5.75 Å². The van der Waals surface area contributed by atoms with E-state index in [-0.39, 0.29) is 6.10 Å². The Bertz CT molecular complexity index is 351. The van der Waals surface area contributed by atoms with E-state index in [1.807, 2.05) is 18.2 Å². The maximum Gasteiger partial charge on any atom is 0.122 e. The number of halogens is 1. The first-order valence-electron chi connectivity index (χ1n) is 5.52. The monoisotopic (exact) mass is 285 g/mol. The van der Waals surface area contributed by atoms with Crippen molar-refractivity contribution in [2.45, 2.75) is 25.5 Å². The largest absolute Gasteiger partial charge is 0.488 e. The van der Waals surface area contributed by atoms with E-state index in [4.69, 9.17) is 15.2 Å². The van der Waals surface area contributed by atoms with Gasteiger partial charge < -0.3 is 15.2 Å². The van der Waals surface area contributed by atoms with Crippen molar-refractivity contribution in [3.63, 3.8) is 0 Å². The molecule has 3 nitrogen and oxygen atoms in total. The summed E-state index contributed by atoms with van der Waals surface area (Å²) in [5, 5.41) is 0. The zero-order valence-corrected chi connectivity index (χ0v) is 10.7. The Labute approximate surface area is 104 Å². The van der Waals surface area contributed by atoms with Gasteiger partial charge >= 0.3 is 0 Å². The van der Waals surface area contributed by atoms with Gasteiger partial charge in [-0.25, -0.2) is 0 Å². The molecule has 1 aliphatic heterocycles. The highest BCUT2D eigenvalue weighted by molar-refractivity contribution is 9.10. The number of hydrogen-bond donors (Lipinski definition) is 1. The molecule has 88 valence electrons. The molecule has 1 atom stereocenters. The van der Waals surface area contributed by atoms with Crippen LogP contribution in [0.3, 0.4) is 0 Å². The Kier molecular flexibility index (Phi) is 4.21. The predicted octanol–water partition coefficient (Wildman–Crippen LogP) is 2.47. The first-order chi connectivity index (χ1) is 7.79. The second-order valence-corrected chi connectivity index (χ2v) is 4.77. The third-order valence-corrected chi connectivity index (χ3v) is 3.43. The van der Waals surface area contributed by atoms with Crippen molar-refractivity contribution in [1.29, 1.82) is 0 Å². The van der Waals surface area contributed by atoms with E-state index >= 15 is 0 Å². The van der Waals surface area contributed by atoms with Crippen LogP contribution in [0.15, 0.2) is 22.7 Å². The van der Waals surface area contributed by atoms with Crippen molar-refractivity contribution in [2.75, 3.05) is 13.2 Å². The highest BCUT2D eigenvalue weighted by Gasteiger charge is 2.15. The topological polar surface area (TPSA) is 44.5 Å². The molecular formula is C12H16BrNO2. The van der Waals surface area contributed by atoms with Gasteiger partial charge in [-0.3, -0.25) is 0 Å². The highest BCUT2D eigenvalue weighted by Crippen LogP contribution is 2.24. The standard InChI is InChI=1S/C12H16BrNO2/c13-12-4-3-10(6-9(12)7-14)16-11-2-1-5-15-8-11/h3-4,6,11H,1-2,5,7-8,14H2. The van der Waals surface area contributed by atoms with Crippen LogP contribution in [0.1, 0.15) is 18.4 Å². The fourth-order valence-electron chi connectivity index (χ4n) is 1.78. The van der Waals surface area contributed by atoms with Crippen LogP contribution in [0, 0.1) is 0 Å². The maximum absolute atomic E-state index is 5.85. The van der Waals surface area contributed by atoms with Crippen LogP contribution < -0.4 is 10.5 Å². The lowest BCUT2D eigenvalue weighted by atomic mass is 10.1. The third kappa shape index (κ3) is 2.97. The molecule has 0 spiro atoms. The predicted molar refractivity (Wildman–Crippen MR) is 66.5 cm³/mol. The van der Waals surface area contributed by atoms with Crippen LogP contribution in [-0.2, 0) is 11.3 Å². The number of hydrogen-bond acceptors (Lipinski definition) is 3. The summed E-state index contributed by atoms with van der Waals surface area (Å²) in [6.45, 7) is 2.06. The molecule has 1 saturated heterocycles. The molecule has 0 amide bonds. The van der Waals surface area contributed by atoms with E-state index in [0.29, 0.717) is 13.2 Å². The Balaban J connectivity index is 2.03. The molecule has 2 rings (SSSR count). The van der Waals surface area contributed by atoms with Gasteiger partial charge in [0.1, 0.15) is 11.9 Å². The lowest BCUT2D eigenvalue weighted by Crippen LogP contribution is -2.28. The molecule has 0 radical (unpaired) electrons. The van der Waals surface area contributed by atoms with E-state index in [2.05, 4.69) is 15.9 Å². The van der Waals surface area contributed by atoms with Crippen LogP contribution in [0.25, 0.3) is 0 Å². The molecule has 1 aromatic carbocycles. The Morgan fingerprint density at radius 2 is 2.38 bits per heavy atom. The average Bonchev–Trinajstić information content (AvgIpc) is 2.33. The summed E-state index contributed by atoms with van der Waals surface area (Å²) in [4.78, 5) is 0. The van der Waals surface area contributed by atoms with Gasteiger partial charge in [-0.2, -0.15) is 0 Å². The quantitative estimate of drug-likeness (QED) is 0.928. The molecule has 1 unspecified atom stereocenters. The zero-order valence-electron chi connectivity index (χ0n) is 9.12. The summed E-state index contributed by atoms with van der Waals surface area (Å²) in [6.07, 6.45) is 2.32. The summed E-state index contributed by atoms with van der Waals surface area (Å²) in [5.41, 5.74) is 6.71. The summed E-state index contributed by atoms with van der Waals surface area (Å²) in [5.74, 6) is 0.874. The second kappa shape index (κ2) is 5.66. The van der Waals surface area contributed by atoms with Crippen LogP contribution in [-0.4, -0.2) is 19.3 Å². The average molecular weight is 286 g/mol. The third-order valence-electron chi connectivity index (χ3n) is 2.66. The number of benzene rings is 1. The molecule has 0 bridgehead atoms. The smallest absolute Gasteiger partial charge is 0.122 e. The molecule has 0 aliphatic carbocycles. The van der Waals surface area contributed by atoms with Crippen LogP contribution >= 0.6 is 15.9 Å². The zero-order chi connectivity index (χ0) is 11.4. The van der Waals surface area contributed by atoms with Crippen molar-refractivity contribution in [2.24, 2.45) is 5.73 Å². The van der Waals surface area contributed by atoms with Gasteiger partial charge in [0.25, 0.3) is 0 Å². The van der Waals surface area contributed by atoms with Gasteiger partial charge in [-0.05, 0) is 36.6 Å². The van der Waals surface area contributed by atoms with E-state index in [0.717, 1.165) is 35.2 Å². The van der Waals surface area contributed by atoms with E-state index < -0.39 is 0 Å². The molecule has 0 aromatic heterocycles. The molecule has 1 aromatic rings. The van der Waals surface area contributed by atoms with Crippen molar-refractivity contribution < 1.29 is 9.47 Å². The summed E-state index contributed by atoms with van der Waals surface area (Å²) < 4.78 is 12.3. The van der Waals surface area contributed by atoms with Gasteiger partial charge in [0, 0.05) is 17.6 Å². The lowest BCUT2D eigenvalue weighted by molar-refractivity contribution is 0.00740. The normalized spacial score (nSPS) is 20.8. The minimum Gasteiger partial charge on any atom is -0.488 e. The fourth-order valence-corrected chi connectivity index (χ4v) is 2.19. The van der Waals surface area contributed by atoms with E-state index in [1.165, 1.54) is 0 Å². The molecule has 1 fully saturated rings. The number of nitrogens with two attached hydrogens (primary N) is 1. The molecule has 2 N–H and O–H groups in total. The van der Waals surface area contributed by atoms with Crippen molar-refractivity contribution in [3.05, 3.63) is 28.2 Å². The van der Waals surface area contributed by atoms with Gasteiger partial charge in [-0.15, -0.1) is 0 Å². The second-order valence-electron chi connectivity index (χ2n) is 3.91. The SMILES string of the molecule is NCc1cc(OC2CCCOC2)ccc1Br. The molecule has 0 saturated carbocycles. The highest BCUT2D eigenvalue weighted by atomic mass is 79.9. The Morgan fingerprint density at radius 1 is 1.50 bits per heavy atom. The van der Waals surface area contributed by atoms with Crippen LogP contribution in [0.2, 0.25) is 0 Å². The number of ether oxygens (including phenoxy) is 2. The van der Waals surface area contributed by atoms with E-state index in [9.17, 15) is 0 Å². The summed E-state index contributed by atoms with van der Waals surface area (Å²) in [7, 11) is 0. The van der Waals surface area contributed by atoms with Crippen LogP contribution in [0.5, 0.6) is 5.75 Å². The molecule has 4 heteroatoms. The van der Waals surface area contributed by atoms with Crippen molar-refractivity contribution >= 4 is 15.9 Å². The summed E-state index contributed by atoms with van der Waals surface area (Å²) in [6, 6.07) is 5.91. The minimum absolute atomic E-state index is 0.181. The van der Waals surface area contributed by atoms with Crippen molar-refractivity contribution in [1.82, 2.24) is 0 Å². The maximum atomic E-state index is 5.85. The number of rotatable bonds is 3. The Morgan fingerprint density at radius 3 is 3.06 bits per heavy atom. The molecular weight excluding hydrogens is 270 g/mol.